The first-order valence-corrected chi connectivity index (χ1v) is 5.35. The number of carbonyl (C=O) groups excluding carboxylic acids is 1. The third kappa shape index (κ3) is 2.02. The summed E-state index contributed by atoms with van der Waals surface area (Å²) in [5, 5.41) is 11.6. The maximum absolute atomic E-state index is 11.9. The molecule has 0 aromatic heterocycles. The largest absolute Gasteiger partial charge is 0.497 e. The lowest BCUT2D eigenvalue weighted by molar-refractivity contribution is -0.182. The molecule has 1 aliphatic heterocycles. The van der Waals surface area contributed by atoms with Crippen LogP contribution in [0.3, 0.4) is 0 Å². The average molecular weight is 251 g/mol. The van der Waals surface area contributed by atoms with Crippen molar-refractivity contribution in [1.82, 2.24) is 0 Å². The molecule has 0 atom stereocenters. The number of hydrogen-bond acceptors (Lipinski definition) is 4. The van der Waals surface area contributed by atoms with Crippen LogP contribution in [0.15, 0.2) is 24.3 Å². The molecule has 2 rings (SSSR count). The monoisotopic (exact) mass is 251 g/mol. The number of rotatable bonds is 4. The number of aliphatic carboxylic acids is 1. The quantitative estimate of drug-likeness (QED) is 0.771. The Bertz CT molecular complexity index is 464. The Morgan fingerprint density at radius 1 is 1.33 bits per heavy atom. The van der Waals surface area contributed by atoms with E-state index in [1.54, 1.807) is 31.4 Å². The van der Waals surface area contributed by atoms with Crippen molar-refractivity contribution in [1.29, 1.82) is 0 Å². The Hall–Kier alpha value is -2.08. The zero-order valence-corrected chi connectivity index (χ0v) is 9.80. The summed E-state index contributed by atoms with van der Waals surface area (Å²) in [5.41, 5.74) is -0.937. The lowest BCUT2D eigenvalue weighted by atomic mass is 9.85. The van der Waals surface area contributed by atoms with E-state index in [2.05, 4.69) is 5.32 Å². The summed E-state index contributed by atoms with van der Waals surface area (Å²) in [6.07, 6.45) is 0. The minimum absolute atomic E-state index is 0.0929. The van der Waals surface area contributed by atoms with E-state index in [-0.39, 0.29) is 13.2 Å². The maximum atomic E-state index is 11.9. The number of carboxylic acid groups (broad SMARTS) is 1. The van der Waals surface area contributed by atoms with Crippen molar-refractivity contribution in [3.05, 3.63) is 24.3 Å². The standard InChI is InChI=1S/C12H13NO5/c1-17-9-4-2-8(3-5-9)13-10(14)12(11(15)16)6-18-7-12/h2-5H,6-7H2,1H3,(H,13,14)(H,15,16). The molecule has 1 fully saturated rings. The van der Waals surface area contributed by atoms with Crippen molar-refractivity contribution in [3.8, 4) is 5.75 Å². The molecule has 1 heterocycles. The maximum Gasteiger partial charge on any atom is 0.324 e. The van der Waals surface area contributed by atoms with Gasteiger partial charge in [-0.25, -0.2) is 0 Å². The molecule has 1 saturated heterocycles. The van der Waals surface area contributed by atoms with Gasteiger partial charge < -0.3 is 19.9 Å². The van der Waals surface area contributed by atoms with E-state index in [1.165, 1.54) is 0 Å². The Balaban J connectivity index is 2.08. The molecule has 0 spiro atoms. The van der Waals surface area contributed by atoms with Crippen LogP contribution in [0.1, 0.15) is 0 Å². The molecule has 0 bridgehead atoms. The highest BCUT2D eigenvalue weighted by Gasteiger charge is 2.53. The van der Waals surface area contributed by atoms with Gasteiger partial charge in [0.15, 0.2) is 5.41 Å². The van der Waals surface area contributed by atoms with E-state index in [9.17, 15) is 9.59 Å². The summed E-state index contributed by atoms with van der Waals surface area (Å²) < 4.78 is 9.82. The van der Waals surface area contributed by atoms with Crippen LogP contribution in [0, 0.1) is 5.41 Å². The summed E-state index contributed by atoms with van der Waals surface area (Å²) in [7, 11) is 1.54. The third-order valence-corrected chi connectivity index (χ3v) is 2.89. The van der Waals surface area contributed by atoms with Crippen LogP contribution in [-0.2, 0) is 14.3 Å². The molecule has 0 unspecified atom stereocenters. The Morgan fingerprint density at radius 3 is 2.33 bits per heavy atom. The highest BCUT2D eigenvalue weighted by Crippen LogP contribution is 2.29. The summed E-state index contributed by atoms with van der Waals surface area (Å²) in [6, 6.07) is 6.65. The molecule has 6 nitrogen and oxygen atoms in total. The summed E-state index contributed by atoms with van der Waals surface area (Å²) in [5.74, 6) is -1.07. The van der Waals surface area contributed by atoms with E-state index in [0.717, 1.165) is 0 Å². The van der Waals surface area contributed by atoms with E-state index < -0.39 is 17.3 Å². The normalized spacial score (nSPS) is 16.5. The van der Waals surface area contributed by atoms with Gasteiger partial charge in [-0.05, 0) is 24.3 Å². The zero-order chi connectivity index (χ0) is 13.2. The number of methoxy groups -OCH3 is 1. The lowest BCUT2D eigenvalue weighted by Crippen LogP contribution is -2.57. The average Bonchev–Trinajstić information content (AvgIpc) is 2.28. The van der Waals surface area contributed by atoms with Crippen LogP contribution in [0.4, 0.5) is 5.69 Å². The molecule has 6 heteroatoms. The molecule has 18 heavy (non-hydrogen) atoms. The third-order valence-electron chi connectivity index (χ3n) is 2.89. The van der Waals surface area contributed by atoms with Gasteiger partial charge in [-0.3, -0.25) is 9.59 Å². The molecule has 1 amide bonds. The van der Waals surface area contributed by atoms with Crippen LogP contribution in [0.25, 0.3) is 0 Å². The molecule has 96 valence electrons. The number of amides is 1. The van der Waals surface area contributed by atoms with Gasteiger partial charge in [0.2, 0.25) is 5.91 Å². The molecular formula is C12H13NO5. The number of carboxylic acids is 1. The predicted molar refractivity (Wildman–Crippen MR) is 62.5 cm³/mol. The number of hydrogen-bond donors (Lipinski definition) is 2. The Morgan fingerprint density at radius 2 is 1.94 bits per heavy atom. The molecule has 1 aliphatic rings. The van der Waals surface area contributed by atoms with E-state index >= 15 is 0 Å². The first kappa shape index (κ1) is 12.4. The lowest BCUT2D eigenvalue weighted by Gasteiger charge is -2.35. The topological polar surface area (TPSA) is 84.9 Å². The van der Waals surface area contributed by atoms with E-state index in [1.807, 2.05) is 0 Å². The van der Waals surface area contributed by atoms with Crippen LogP contribution in [-0.4, -0.2) is 37.3 Å². The van der Waals surface area contributed by atoms with Crippen LogP contribution in [0.2, 0.25) is 0 Å². The summed E-state index contributed by atoms with van der Waals surface area (Å²) in [4.78, 5) is 23.0. The smallest absolute Gasteiger partial charge is 0.324 e. The molecule has 1 aromatic rings. The van der Waals surface area contributed by atoms with Crippen molar-refractivity contribution in [2.45, 2.75) is 0 Å². The van der Waals surface area contributed by atoms with Gasteiger partial charge in [0.1, 0.15) is 5.75 Å². The fourth-order valence-electron chi connectivity index (χ4n) is 1.58. The van der Waals surface area contributed by atoms with E-state index in [4.69, 9.17) is 14.6 Å². The minimum Gasteiger partial charge on any atom is -0.497 e. The van der Waals surface area contributed by atoms with Gasteiger partial charge in [0, 0.05) is 5.69 Å². The molecule has 2 N–H and O–H groups in total. The second-order valence-electron chi connectivity index (χ2n) is 4.06. The molecule has 0 aliphatic carbocycles. The van der Waals surface area contributed by atoms with Gasteiger partial charge in [-0.1, -0.05) is 0 Å². The SMILES string of the molecule is COc1ccc(NC(=O)C2(C(=O)O)COC2)cc1. The molecule has 1 aromatic carbocycles. The summed E-state index contributed by atoms with van der Waals surface area (Å²) in [6.45, 7) is -0.186. The van der Waals surface area contributed by atoms with Crippen molar-refractivity contribution >= 4 is 17.6 Å². The minimum atomic E-state index is -1.46. The fraction of sp³-hybridized carbons (Fsp3) is 0.333. The second kappa shape index (κ2) is 4.66. The van der Waals surface area contributed by atoms with Gasteiger partial charge in [-0.2, -0.15) is 0 Å². The second-order valence-corrected chi connectivity index (χ2v) is 4.06. The van der Waals surface area contributed by atoms with Crippen molar-refractivity contribution in [3.63, 3.8) is 0 Å². The van der Waals surface area contributed by atoms with Gasteiger partial charge >= 0.3 is 5.97 Å². The molecular weight excluding hydrogens is 238 g/mol. The van der Waals surface area contributed by atoms with Gasteiger partial charge in [0.25, 0.3) is 0 Å². The molecule has 0 saturated carbocycles. The highest BCUT2D eigenvalue weighted by molar-refractivity contribution is 6.09. The predicted octanol–water partition coefficient (Wildman–Crippen LogP) is 0.735. The van der Waals surface area contributed by atoms with Gasteiger partial charge in [-0.15, -0.1) is 0 Å². The van der Waals surface area contributed by atoms with Crippen molar-refractivity contribution < 1.29 is 24.2 Å². The number of anilines is 1. The van der Waals surface area contributed by atoms with Crippen LogP contribution >= 0.6 is 0 Å². The van der Waals surface area contributed by atoms with Gasteiger partial charge in [0.05, 0.1) is 20.3 Å². The number of carbonyl (C=O) groups is 2. The number of benzene rings is 1. The zero-order valence-electron chi connectivity index (χ0n) is 9.80. The first-order valence-electron chi connectivity index (χ1n) is 5.35. The van der Waals surface area contributed by atoms with Crippen LogP contribution in [0.5, 0.6) is 5.75 Å². The highest BCUT2D eigenvalue weighted by atomic mass is 16.5. The van der Waals surface area contributed by atoms with Crippen molar-refractivity contribution in [2.75, 3.05) is 25.6 Å². The van der Waals surface area contributed by atoms with Crippen LogP contribution < -0.4 is 10.1 Å². The summed E-state index contributed by atoms with van der Waals surface area (Å²) >= 11 is 0. The van der Waals surface area contributed by atoms with Crippen molar-refractivity contribution in [2.24, 2.45) is 5.41 Å². The number of nitrogens with one attached hydrogen (secondary N) is 1. The fourth-order valence-corrected chi connectivity index (χ4v) is 1.58. The first-order chi connectivity index (χ1) is 8.58. The Kier molecular flexibility index (Phi) is 3.20. The molecule has 0 radical (unpaired) electrons. The Labute approximate surface area is 104 Å². The number of ether oxygens (including phenoxy) is 2. The van der Waals surface area contributed by atoms with E-state index in [0.29, 0.717) is 11.4 Å².